The third-order valence-electron chi connectivity index (χ3n) is 6.12. The molecule has 6 heteroatoms. The minimum atomic E-state index is -0.539. The van der Waals surface area contributed by atoms with Gasteiger partial charge in [0, 0.05) is 24.9 Å². The number of benzene rings is 2. The fraction of sp³-hybridized carbons (Fsp3) is 0.467. The number of rotatable bonds is 15. The standard InChI is InChI=1S/C30H39NO5/c1-4-6-8-13-19-31-27-21-25(35-22-24-15-11-10-12-16-24)17-18-26(27)28(34-20-14-9-7-5-2)29(30(31)33)36-23(3)32/h10-12,15-18,21H,4-9,13-14,19-20,22H2,1-3H3. The molecular weight excluding hydrogens is 454 g/mol. The highest BCUT2D eigenvalue weighted by molar-refractivity contribution is 5.90. The van der Waals surface area contributed by atoms with Crippen LogP contribution in [-0.2, 0) is 17.9 Å². The van der Waals surface area contributed by atoms with Crippen LogP contribution in [0.4, 0.5) is 0 Å². The topological polar surface area (TPSA) is 66.8 Å². The van der Waals surface area contributed by atoms with Gasteiger partial charge >= 0.3 is 5.97 Å². The van der Waals surface area contributed by atoms with Crippen LogP contribution in [0.25, 0.3) is 10.9 Å². The fourth-order valence-corrected chi connectivity index (χ4v) is 4.21. The highest BCUT2D eigenvalue weighted by atomic mass is 16.6. The molecule has 0 amide bonds. The molecule has 1 heterocycles. The maximum Gasteiger partial charge on any atom is 0.308 e. The zero-order chi connectivity index (χ0) is 25.8. The van der Waals surface area contributed by atoms with E-state index in [0.29, 0.717) is 31.3 Å². The monoisotopic (exact) mass is 493 g/mol. The Balaban J connectivity index is 2.01. The zero-order valence-electron chi connectivity index (χ0n) is 21.9. The number of aromatic nitrogens is 1. The molecule has 36 heavy (non-hydrogen) atoms. The van der Waals surface area contributed by atoms with E-state index in [2.05, 4.69) is 13.8 Å². The Hall–Kier alpha value is -3.28. The molecule has 0 saturated carbocycles. The van der Waals surface area contributed by atoms with Gasteiger partial charge in [0.2, 0.25) is 5.75 Å². The molecule has 2 aromatic carbocycles. The van der Waals surface area contributed by atoms with E-state index in [1.54, 1.807) is 4.57 Å². The second kappa shape index (κ2) is 14.3. The molecule has 194 valence electrons. The molecule has 6 nitrogen and oxygen atoms in total. The van der Waals surface area contributed by atoms with E-state index in [1.807, 2.05) is 48.5 Å². The quantitative estimate of drug-likeness (QED) is 0.168. The largest absolute Gasteiger partial charge is 0.489 e. The summed E-state index contributed by atoms with van der Waals surface area (Å²) in [6.07, 6.45) is 8.26. The Labute approximate surface area is 214 Å². The van der Waals surface area contributed by atoms with Crippen LogP contribution in [0.15, 0.2) is 53.3 Å². The van der Waals surface area contributed by atoms with Crippen molar-refractivity contribution in [3.63, 3.8) is 0 Å². The van der Waals surface area contributed by atoms with Gasteiger partial charge in [-0.2, -0.15) is 0 Å². The van der Waals surface area contributed by atoms with Crippen LogP contribution < -0.4 is 19.8 Å². The van der Waals surface area contributed by atoms with E-state index >= 15 is 0 Å². The lowest BCUT2D eigenvalue weighted by Gasteiger charge is -2.19. The van der Waals surface area contributed by atoms with Crippen molar-refractivity contribution in [3.8, 4) is 17.2 Å². The summed E-state index contributed by atoms with van der Waals surface area (Å²) in [7, 11) is 0. The Kier molecular flexibility index (Phi) is 10.9. The summed E-state index contributed by atoms with van der Waals surface area (Å²) in [5, 5.41) is 0.740. The number of nitrogens with zero attached hydrogens (tertiary/aromatic N) is 1. The minimum absolute atomic E-state index is 0.0288. The van der Waals surface area contributed by atoms with Crippen LogP contribution in [0.2, 0.25) is 0 Å². The van der Waals surface area contributed by atoms with Gasteiger partial charge in [-0.25, -0.2) is 0 Å². The molecule has 0 N–H and O–H groups in total. The number of unbranched alkanes of at least 4 members (excludes halogenated alkanes) is 6. The lowest BCUT2D eigenvalue weighted by molar-refractivity contribution is -0.132. The molecule has 0 aliphatic rings. The number of aryl methyl sites for hydroxylation is 1. The van der Waals surface area contributed by atoms with Gasteiger partial charge in [0.05, 0.1) is 12.1 Å². The van der Waals surface area contributed by atoms with Gasteiger partial charge in [-0.05, 0) is 30.5 Å². The van der Waals surface area contributed by atoms with Crippen LogP contribution in [0.3, 0.4) is 0 Å². The average Bonchev–Trinajstić information content (AvgIpc) is 2.88. The van der Waals surface area contributed by atoms with Crippen molar-refractivity contribution in [2.45, 2.75) is 85.3 Å². The lowest BCUT2D eigenvalue weighted by Crippen LogP contribution is -2.25. The molecule has 0 unspecified atom stereocenters. The van der Waals surface area contributed by atoms with Crippen molar-refractivity contribution in [1.82, 2.24) is 4.57 Å². The third kappa shape index (κ3) is 7.61. The summed E-state index contributed by atoms with van der Waals surface area (Å²) in [6.45, 7) is 7.03. The fourth-order valence-electron chi connectivity index (χ4n) is 4.21. The van der Waals surface area contributed by atoms with Crippen molar-refractivity contribution in [1.29, 1.82) is 0 Å². The number of carbonyl (C=O) groups excluding carboxylic acids is 1. The highest BCUT2D eigenvalue weighted by Gasteiger charge is 2.21. The first-order valence-corrected chi connectivity index (χ1v) is 13.2. The van der Waals surface area contributed by atoms with Crippen molar-refractivity contribution >= 4 is 16.9 Å². The third-order valence-corrected chi connectivity index (χ3v) is 6.12. The maximum atomic E-state index is 13.6. The molecule has 0 aliphatic heterocycles. The summed E-state index contributed by atoms with van der Waals surface area (Å²) in [6, 6.07) is 15.6. The summed E-state index contributed by atoms with van der Waals surface area (Å²) >= 11 is 0. The van der Waals surface area contributed by atoms with E-state index in [9.17, 15) is 9.59 Å². The molecule has 0 radical (unpaired) electrons. The Bertz CT molecular complexity index is 1170. The van der Waals surface area contributed by atoms with Crippen LogP contribution in [0.1, 0.15) is 77.7 Å². The predicted octanol–water partition coefficient (Wildman–Crippen LogP) is 7.05. The Morgan fingerprint density at radius 1 is 0.833 bits per heavy atom. The summed E-state index contributed by atoms with van der Waals surface area (Å²) in [4.78, 5) is 25.5. The first-order valence-electron chi connectivity index (χ1n) is 13.2. The van der Waals surface area contributed by atoms with Crippen LogP contribution in [-0.4, -0.2) is 17.1 Å². The number of esters is 1. The molecule has 3 aromatic rings. The van der Waals surface area contributed by atoms with Gasteiger partial charge in [-0.15, -0.1) is 0 Å². The van der Waals surface area contributed by atoms with Crippen LogP contribution in [0.5, 0.6) is 17.2 Å². The van der Waals surface area contributed by atoms with Crippen LogP contribution in [0, 0.1) is 0 Å². The molecule has 1 aromatic heterocycles. The number of ether oxygens (including phenoxy) is 3. The van der Waals surface area contributed by atoms with Crippen molar-refractivity contribution in [3.05, 3.63) is 64.4 Å². The van der Waals surface area contributed by atoms with Crippen molar-refractivity contribution in [2.75, 3.05) is 6.61 Å². The van der Waals surface area contributed by atoms with Gasteiger partial charge in [-0.1, -0.05) is 82.7 Å². The SMILES string of the molecule is CCCCCCOc1c(OC(C)=O)c(=O)n(CCCCCC)c2cc(OCc3ccccc3)ccc12. The summed E-state index contributed by atoms with van der Waals surface area (Å²) < 4.78 is 19.3. The molecule has 0 spiro atoms. The average molecular weight is 494 g/mol. The number of hydrogen-bond acceptors (Lipinski definition) is 5. The van der Waals surface area contributed by atoms with E-state index < -0.39 is 5.97 Å². The molecule has 3 rings (SSSR count). The zero-order valence-corrected chi connectivity index (χ0v) is 21.9. The number of pyridine rings is 1. The van der Waals surface area contributed by atoms with E-state index in [1.165, 1.54) is 6.92 Å². The van der Waals surface area contributed by atoms with E-state index in [-0.39, 0.29) is 11.3 Å². The first-order chi connectivity index (χ1) is 17.5. The number of hydrogen-bond donors (Lipinski definition) is 0. The maximum absolute atomic E-state index is 13.6. The molecule has 0 saturated heterocycles. The number of carbonyl (C=O) groups is 1. The minimum Gasteiger partial charge on any atom is -0.489 e. The second-order valence-electron chi connectivity index (χ2n) is 9.13. The molecule has 0 bridgehead atoms. The number of fused-ring (bicyclic) bond motifs is 1. The van der Waals surface area contributed by atoms with Gasteiger partial charge in [0.15, 0.2) is 5.75 Å². The summed E-state index contributed by atoms with van der Waals surface area (Å²) in [5.41, 5.74) is 1.44. The van der Waals surface area contributed by atoms with E-state index in [4.69, 9.17) is 14.2 Å². The van der Waals surface area contributed by atoms with Gasteiger partial charge in [0.1, 0.15) is 12.4 Å². The van der Waals surface area contributed by atoms with Gasteiger partial charge < -0.3 is 18.8 Å². The Morgan fingerprint density at radius 3 is 2.25 bits per heavy atom. The predicted molar refractivity (Wildman–Crippen MR) is 144 cm³/mol. The molecule has 0 fully saturated rings. The first kappa shape index (κ1) is 27.3. The van der Waals surface area contributed by atoms with Crippen molar-refractivity contribution < 1.29 is 19.0 Å². The normalized spacial score (nSPS) is 11.0. The molecule has 0 aliphatic carbocycles. The highest BCUT2D eigenvalue weighted by Crippen LogP contribution is 2.35. The van der Waals surface area contributed by atoms with Gasteiger partial charge in [-0.3, -0.25) is 9.59 Å². The summed E-state index contributed by atoms with van der Waals surface area (Å²) in [5.74, 6) is 0.435. The van der Waals surface area contributed by atoms with Crippen LogP contribution >= 0.6 is 0 Å². The smallest absolute Gasteiger partial charge is 0.308 e. The second-order valence-corrected chi connectivity index (χ2v) is 9.13. The van der Waals surface area contributed by atoms with Gasteiger partial charge in [0.25, 0.3) is 5.56 Å². The Morgan fingerprint density at radius 2 is 1.56 bits per heavy atom. The molecular formula is C30H39NO5. The lowest BCUT2D eigenvalue weighted by atomic mass is 10.1. The van der Waals surface area contributed by atoms with E-state index in [0.717, 1.165) is 67.8 Å². The van der Waals surface area contributed by atoms with Crippen molar-refractivity contribution in [2.24, 2.45) is 0 Å². The molecule has 0 atom stereocenters.